The standard InChI is InChI=1S/C18H24N2O2/c21-18(20-16-9-5-2-6-10-16)19-13-15-11-12-22-17(15)14-7-3-1-4-8-14/h1,3-5,7-9,15-17H,2,6,10-13H2,(H2,19,20,21)/t15-,16+,17-/m1/s1. The van der Waals surface area contributed by atoms with E-state index in [0.717, 1.165) is 32.3 Å². The summed E-state index contributed by atoms with van der Waals surface area (Å²) in [5.41, 5.74) is 1.20. The molecule has 2 aliphatic rings. The first kappa shape index (κ1) is 15.1. The molecule has 1 aliphatic carbocycles. The lowest BCUT2D eigenvalue weighted by atomic mass is 9.95. The first-order chi connectivity index (χ1) is 10.8. The van der Waals surface area contributed by atoms with Crippen LogP contribution in [0.2, 0.25) is 0 Å². The lowest BCUT2D eigenvalue weighted by Gasteiger charge is -2.21. The molecule has 1 aliphatic heterocycles. The van der Waals surface area contributed by atoms with Gasteiger partial charge in [0.05, 0.1) is 6.10 Å². The van der Waals surface area contributed by atoms with Crippen LogP contribution in [0.5, 0.6) is 0 Å². The van der Waals surface area contributed by atoms with Crippen LogP contribution < -0.4 is 10.6 Å². The van der Waals surface area contributed by atoms with E-state index in [1.165, 1.54) is 5.56 Å². The molecule has 0 aromatic heterocycles. The molecular formula is C18H24N2O2. The molecule has 4 nitrogen and oxygen atoms in total. The lowest BCUT2D eigenvalue weighted by molar-refractivity contribution is 0.0910. The molecule has 1 saturated heterocycles. The molecule has 1 aromatic carbocycles. The minimum Gasteiger partial charge on any atom is -0.373 e. The Morgan fingerprint density at radius 1 is 1.23 bits per heavy atom. The molecule has 1 fully saturated rings. The van der Waals surface area contributed by atoms with Crippen LogP contribution in [0.15, 0.2) is 42.5 Å². The highest BCUT2D eigenvalue weighted by Crippen LogP contribution is 2.33. The Hall–Kier alpha value is -1.81. The molecule has 0 unspecified atom stereocenters. The first-order valence-corrected chi connectivity index (χ1v) is 8.20. The van der Waals surface area contributed by atoms with Crippen LogP contribution in [0, 0.1) is 5.92 Å². The fourth-order valence-corrected chi connectivity index (χ4v) is 3.23. The maximum Gasteiger partial charge on any atom is 0.315 e. The number of hydrogen-bond acceptors (Lipinski definition) is 2. The van der Waals surface area contributed by atoms with E-state index < -0.39 is 0 Å². The molecule has 3 atom stereocenters. The van der Waals surface area contributed by atoms with Gasteiger partial charge in [-0.15, -0.1) is 0 Å². The third kappa shape index (κ3) is 3.89. The second-order valence-corrected chi connectivity index (χ2v) is 6.07. The molecule has 0 saturated carbocycles. The van der Waals surface area contributed by atoms with Crippen molar-refractivity contribution in [3.8, 4) is 0 Å². The van der Waals surface area contributed by atoms with Gasteiger partial charge in [0.15, 0.2) is 0 Å². The maximum atomic E-state index is 12.0. The van der Waals surface area contributed by atoms with Gasteiger partial charge in [-0.05, 0) is 31.2 Å². The number of nitrogens with one attached hydrogen (secondary N) is 2. The second kappa shape index (κ2) is 7.45. The number of carbonyl (C=O) groups excluding carboxylic acids is 1. The largest absolute Gasteiger partial charge is 0.373 e. The maximum absolute atomic E-state index is 12.0. The van der Waals surface area contributed by atoms with Gasteiger partial charge in [-0.1, -0.05) is 42.5 Å². The van der Waals surface area contributed by atoms with Crippen molar-refractivity contribution in [3.63, 3.8) is 0 Å². The van der Waals surface area contributed by atoms with Gasteiger partial charge in [0, 0.05) is 25.1 Å². The van der Waals surface area contributed by atoms with Crippen LogP contribution in [0.3, 0.4) is 0 Å². The van der Waals surface area contributed by atoms with E-state index >= 15 is 0 Å². The van der Waals surface area contributed by atoms with Crippen LogP contribution in [-0.2, 0) is 4.74 Å². The Kier molecular flexibility index (Phi) is 5.11. The van der Waals surface area contributed by atoms with Gasteiger partial charge < -0.3 is 15.4 Å². The molecule has 4 heteroatoms. The third-order valence-corrected chi connectivity index (χ3v) is 4.44. The molecule has 1 heterocycles. The molecule has 22 heavy (non-hydrogen) atoms. The fourth-order valence-electron chi connectivity index (χ4n) is 3.23. The highest BCUT2D eigenvalue weighted by Gasteiger charge is 2.29. The smallest absolute Gasteiger partial charge is 0.315 e. The summed E-state index contributed by atoms with van der Waals surface area (Å²) in [5, 5.41) is 6.03. The monoisotopic (exact) mass is 300 g/mol. The molecule has 2 N–H and O–H groups in total. The Balaban J connectivity index is 1.49. The zero-order valence-electron chi connectivity index (χ0n) is 12.8. The second-order valence-electron chi connectivity index (χ2n) is 6.07. The van der Waals surface area contributed by atoms with E-state index in [9.17, 15) is 4.79 Å². The van der Waals surface area contributed by atoms with E-state index in [2.05, 4.69) is 34.9 Å². The van der Waals surface area contributed by atoms with Crippen molar-refractivity contribution in [2.75, 3.05) is 13.2 Å². The Bertz CT molecular complexity index is 515. The van der Waals surface area contributed by atoms with Crippen LogP contribution in [0.4, 0.5) is 4.79 Å². The summed E-state index contributed by atoms with van der Waals surface area (Å²) in [6.45, 7) is 1.42. The summed E-state index contributed by atoms with van der Waals surface area (Å²) in [6, 6.07) is 10.4. The quantitative estimate of drug-likeness (QED) is 0.839. The first-order valence-electron chi connectivity index (χ1n) is 8.20. The Morgan fingerprint density at radius 3 is 2.86 bits per heavy atom. The highest BCUT2D eigenvalue weighted by atomic mass is 16.5. The summed E-state index contributed by atoms with van der Waals surface area (Å²) in [5.74, 6) is 0.343. The van der Waals surface area contributed by atoms with Gasteiger partial charge in [-0.3, -0.25) is 0 Å². The van der Waals surface area contributed by atoms with Gasteiger partial charge >= 0.3 is 6.03 Å². The van der Waals surface area contributed by atoms with Crippen molar-refractivity contribution in [2.24, 2.45) is 5.92 Å². The highest BCUT2D eigenvalue weighted by molar-refractivity contribution is 5.74. The number of urea groups is 1. The Morgan fingerprint density at radius 2 is 2.09 bits per heavy atom. The molecule has 2 amide bonds. The summed E-state index contributed by atoms with van der Waals surface area (Å²) < 4.78 is 5.85. The number of rotatable bonds is 4. The van der Waals surface area contributed by atoms with Crippen LogP contribution in [0.1, 0.15) is 37.4 Å². The minimum absolute atomic E-state index is 0.0738. The van der Waals surface area contributed by atoms with E-state index in [1.807, 2.05) is 18.2 Å². The number of amides is 2. The van der Waals surface area contributed by atoms with Crippen LogP contribution in [0.25, 0.3) is 0 Å². The molecule has 1 aromatic rings. The molecular weight excluding hydrogens is 276 g/mol. The number of ether oxygens (including phenoxy) is 1. The number of allylic oxidation sites excluding steroid dienone is 1. The number of hydrogen-bond donors (Lipinski definition) is 2. The van der Waals surface area contributed by atoms with Gasteiger partial charge in [-0.25, -0.2) is 4.79 Å². The SMILES string of the molecule is O=C(NC[C@H]1CCO[C@@H]1c1ccccc1)N[C@H]1C=CCCC1. The zero-order valence-corrected chi connectivity index (χ0v) is 12.8. The van der Waals surface area contributed by atoms with Crippen molar-refractivity contribution >= 4 is 6.03 Å². The predicted molar refractivity (Wildman–Crippen MR) is 86.6 cm³/mol. The van der Waals surface area contributed by atoms with Crippen molar-refractivity contribution in [1.29, 1.82) is 0 Å². The van der Waals surface area contributed by atoms with E-state index in [0.29, 0.717) is 12.5 Å². The molecule has 3 rings (SSSR count). The van der Waals surface area contributed by atoms with Gasteiger partial charge in [0.25, 0.3) is 0 Å². The average Bonchev–Trinajstić information content (AvgIpc) is 3.03. The van der Waals surface area contributed by atoms with E-state index in [-0.39, 0.29) is 18.2 Å². The third-order valence-electron chi connectivity index (χ3n) is 4.44. The van der Waals surface area contributed by atoms with E-state index in [1.54, 1.807) is 0 Å². The Labute approximate surface area is 131 Å². The molecule has 0 bridgehead atoms. The normalized spacial score (nSPS) is 27.5. The van der Waals surface area contributed by atoms with E-state index in [4.69, 9.17) is 4.74 Å². The summed E-state index contributed by atoms with van der Waals surface area (Å²) in [7, 11) is 0. The topological polar surface area (TPSA) is 50.4 Å². The summed E-state index contributed by atoms with van der Waals surface area (Å²) in [6.07, 6.45) is 8.62. The summed E-state index contributed by atoms with van der Waals surface area (Å²) in [4.78, 5) is 12.0. The minimum atomic E-state index is -0.0738. The van der Waals surface area contributed by atoms with Gasteiger partial charge in [0.2, 0.25) is 0 Å². The van der Waals surface area contributed by atoms with Crippen molar-refractivity contribution in [1.82, 2.24) is 10.6 Å². The average molecular weight is 300 g/mol. The number of benzene rings is 1. The van der Waals surface area contributed by atoms with Crippen molar-refractivity contribution < 1.29 is 9.53 Å². The predicted octanol–water partition coefficient (Wildman–Crippen LogP) is 3.17. The lowest BCUT2D eigenvalue weighted by Crippen LogP contribution is -2.43. The van der Waals surface area contributed by atoms with Crippen LogP contribution in [-0.4, -0.2) is 25.2 Å². The molecule has 0 spiro atoms. The van der Waals surface area contributed by atoms with Crippen molar-refractivity contribution in [3.05, 3.63) is 48.0 Å². The van der Waals surface area contributed by atoms with Gasteiger partial charge in [0.1, 0.15) is 0 Å². The fraction of sp³-hybridized carbons (Fsp3) is 0.500. The molecule has 118 valence electrons. The number of carbonyl (C=O) groups is 1. The van der Waals surface area contributed by atoms with Gasteiger partial charge in [-0.2, -0.15) is 0 Å². The molecule has 0 radical (unpaired) electrons. The summed E-state index contributed by atoms with van der Waals surface area (Å²) >= 11 is 0. The zero-order chi connectivity index (χ0) is 15.2. The van der Waals surface area contributed by atoms with Crippen LogP contribution >= 0.6 is 0 Å². The van der Waals surface area contributed by atoms with Crippen molar-refractivity contribution in [2.45, 2.75) is 37.8 Å².